The minimum atomic E-state index is 1.02. The van der Waals surface area contributed by atoms with Gasteiger partial charge in [-0.25, -0.2) is 4.52 Å². The van der Waals surface area contributed by atoms with Gasteiger partial charge in [-0.05, 0) is 30.5 Å². The highest BCUT2D eigenvalue weighted by molar-refractivity contribution is 9.10. The van der Waals surface area contributed by atoms with Crippen molar-refractivity contribution in [3.8, 4) is 22.5 Å². The third-order valence-electron chi connectivity index (χ3n) is 5.03. The van der Waals surface area contributed by atoms with Gasteiger partial charge < -0.3 is 0 Å². The number of nitrogens with zero attached hydrogens (tertiary/aromatic N) is 2. The Morgan fingerprint density at radius 2 is 1.52 bits per heavy atom. The molecular weight excluding hydrogens is 396 g/mol. The first-order chi connectivity index (χ1) is 13.2. The monoisotopic (exact) mass is 412 g/mol. The van der Waals surface area contributed by atoms with Crippen LogP contribution in [0.2, 0.25) is 0 Å². The SMILES string of the molecule is Cc1c(-c2cccc(Br)c2)nn2c(-c3ccccc3)cc3ccccc3c12. The second kappa shape index (κ2) is 6.36. The molecule has 0 unspecified atom stereocenters. The van der Waals surface area contributed by atoms with E-state index in [0.717, 1.165) is 27.0 Å². The molecule has 0 aliphatic rings. The molecule has 0 fully saturated rings. The Balaban J connectivity index is 1.92. The van der Waals surface area contributed by atoms with Crippen molar-refractivity contribution < 1.29 is 0 Å². The summed E-state index contributed by atoms with van der Waals surface area (Å²) >= 11 is 3.58. The number of rotatable bonds is 2. The molecule has 0 atom stereocenters. The molecule has 0 spiro atoms. The van der Waals surface area contributed by atoms with E-state index in [1.807, 2.05) is 12.1 Å². The van der Waals surface area contributed by atoms with Crippen LogP contribution in [0.25, 0.3) is 38.8 Å². The van der Waals surface area contributed by atoms with Crippen molar-refractivity contribution in [2.75, 3.05) is 0 Å². The summed E-state index contributed by atoms with van der Waals surface area (Å²) in [6, 6.07) is 29.6. The average Bonchev–Trinajstić information content (AvgIpc) is 3.06. The van der Waals surface area contributed by atoms with Crippen molar-refractivity contribution in [3.63, 3.8) is 0 Å². The third-order valence-corrected chi connectivity index (χ3v) is 5.52. The Morgan fingerprint density at radius 1 is 0.778 bits per heavy atom. The summed E-state index contributed by atoms with van der Waals surface area (Å²) < 4.78 is 3.16. The van der Waals surface area contributed by atoms with Gasteiger partial charge in [-0.3, -0.25) is 0 Å². The number of fused-ring (bicyclic) bond motifs is 3. The summed E-state index contributed by atoms with van der Waals surface area (Å²) in [5.74, 6) is 0. The first-order valence-corrected chi connectivity index (χ1v) is 9.74. The van der Waals surface area contributed by atoms with Crippen LogP contribution in [0.15, 0.2) is 89.4 Å². The predicted octanol–water partition coefficient (Wildman–Crippen LogP) is 6.89. The predicted molar refractivity (Wildman–Crippen MR) is 116 cm³/mol. The molecule has 3 aromatic carbocycles. The van der Waals surface area contributed by atoms with Gasteiger partial charge in [0.2, 0.25) is 0 Å². The maximum Gasteiger partial charge on any atom is 0.0963 e. The van der Waals surface area contributed by atoms with Gasteiger partial charge in [-0.2, -0.15) is 5.10 Å². The van der Waals surface area contributed by atoms with Gasteiger partial charge in [0.1, 0.15) is 0 Å². The summed E-state index contributed by atoms with van der Waals surface area (Å²) in [5, 5.41) is 7.50. The third kappa shape index (κ3) is 2.66. The van der Waals surface area contributed by atoms with Crippen molar-refractivity contribution in [3.05, 3.63) is 95.0 Å². The standard InChI is InChI=1S/C24H17BrN2/c1-16-23(19-11-7-12-20(25)14-19)26-27-22(17-8-3-2-4-9-17)15-18-10-5-6-13-21(18)24(16)27/h2-15H,1H3. The van der Waals surface area contributed by atoms with Crippen LogP contribution < -0.4 is 0 Å². The second-order valence-electron chi connectivity index (χ2n) is 6.73. The van der Waals surface area contributed by atoms with Crippen LogP contribution in [0, 0.1) is 6.92 Å². The highest BCUT2D eigenvalue weighted by atomic mass is 79.9. The number of pyridine rings is 1. The summed E-state index contributed by atoms with van der Waals surface area (Å²) in [5.41, 5.74) is 6.77. The van der Waals surface area contributed by atoms with Gasteiger partial charge in [0.15, 0.2) is 0 Å². The molecule has 27 heavy (non-hydrogen) atoms. The fourth-order valence-corrected chi connectivity index (χ4v) is 4.16. The largest absolute Gasteiger partial charge is 0.232 e. The molecule has 0 radical (unpaired) electrons. The number of hydrogen-bond acceptors (Lipinski definition) is 1. The Morgan fingerprint density at radius 3 is 2.33 bits per heavy atom. The molecule has 5 aromatic rings. The van der Waals surface area contributed by atoms with Crippen LogP contribution in [0.3, 0.4) is 0 Å². The molecule has 0 saturated carbocycles. The van der Waals surface area contributed by atoms with Crippen LogP contribution in [0.1, 0.15) is 5.56 Å². The average molecular weight is 413 g/mol. The lowest BCUT2D eigenvalue weighted by atomic mass is 10.0. The van der Waals surface area contributed by atoms with Crippen LogP contribution in [0.4, 0.5) is 0 Å². The Bertz CT molecular complexity index is 1290. The van der Waals surface area contributed by atoms with E-state index in [0.29, 0.717) is 0 Å². The minimum absolute atomic E-state index is 1.02. The van der Waals surface area contributed by atoms with Gasteiger partial charge in [0, 0.05) is 26.5 Å². The van der Waals surface area contributed by atoms with Crippen LogP contribution in [0.5, 0.6) is 0 Å². The van der Waals surface area contributed by atoms with E-state index in [1.54, 1.807) is 0 Å². The van der Waals surface area contributed by atoms with Crippen molar-refractivity contribution in [1.82, 2.24) is 9.61 Å². The van der Waals surface area contributed by atoms with E-state index in [2.05, 4.69) is 100 Å². The van der Waals surface area contributed by atoms with E-state index in [-0.39, 0.29) is 0 Å². The van der Waals surface area contributed by atoms with E-state index >= 15 is 0 Å². The number of halogens is 1. The molecule has 0 saturated heterocycles. The molecule has 3 heteroatoms. The van der Waals surface area contributed by atoms with Gasteiger partial charge in [-0.1, -0.05) is 82.7 Å². The Kier molecular flexibility index (Phi) is 3.83. The van der Waals surface area contributed by atoms with Crippen molar-refractivity contribution >= 4 is 32.2 Å². The number of hydrogen-bond donors (Lipinski definition) is 0. The number of benzene rings is 3. The van der Waals surface area contributed by atoms with Gasteiger partial charge in [0.05, 0.1) is 16.9 Å². The Hall–Kier alpha value is -2.91. The molecule has 130 valence electrons. The van der Waals surface area contributed by atoms with Crippen LogP contribution >= 0.6 is 15.9 Å². The maximum absolute atomic E-state index is 5.05. The second-order valence-corrected chi connectivity index (χ2v) is 7.64. The zero-order chi connectivity index (χ0) is 18.4. The Labute approximate surface area is 166 Å². The maximum atomic E-state index is 5.05. The lowest BCUT2D eigenvalue weighted by Crippen LogP contribution is -1.95. The van der Waals surface area contributed by atoms with E-state index in [4.69, 9.17) is 5.10 Å². The van der Waals surface area contributed by atoms with E-state index < -0.39 is 0 Å². The summed E-state index contributed by atoms with van der Waals surface area (Å²) in [7, 11) is 0. The molecule has 2 nitrogen and oxygen atoms in total. The highest BCUT2D eigenvalue weighted by Crippen LogP contribution is 2.35. The summed E-state index contributed by atoms with van der Waals surface area (Å²) in [4.78, 5) is 0. The first kappa shape index (κ1) is 16.3. The molecule has 0 N–H and O–H groups in total. The fraction of sp³-hybridized carbons (Fsp3) is 0.0417. The van der Waals surface area contributed by atoms with Crippen molar-refractivity contribution in [2.24, 2.45) is 0 Å². The number of aryl methyl sites for hydroxylation is 1. The zero-order valence-electron chi connectivity index (χ0n) is 14.9. The lowest BCUT2D eigenvalue weighted by Gasteiger charge is -2.09. The zero-order valence-corrected chi connectivity index (χ0v) is 16.4. The van der Waals surface area contributed by atoms with Crippen LogP contribution in [-0.2, 0) is 0 Å². The van der Waals surface area contributed by atoms with Crippen molar-refractivity contribution in [1.29, 1.82) is 0 Å². The molecular formula is C24H17BrN2. The number of aromatic nitrogens is 2. The molecule has 0 amide bonds. The first-order valence-electron chi connectivity index (χ1n) is 8.95. The summed E-state index contributed by atoms with van der Waals surface area (Å²) in [6.07, 6.45) is 0. The molecule has 0 aliphatic heterocycles. The highest BCUT2D eigenvalue weighted by Gasteiger charge is 2.17. The van der Waals surface area contributed by atoms with Gasteiger partial charge >= 0.3 is 0 Å². The van der Waals surface area contributed by atoms with E-state index in [1.165, 1.54) is 21.9 Å². The smallest absolute Gasteiger partial charge is 0.0963 e. The van der Waals surface area contributed by atoms with Crippen molar-refractivity contribution in [2.45, 2.75) is 6.92 Å². The molecule has 5 rings (SSSR count). The lowest BCUT2D eigenvalue weighted by molar-refractivity contribution is 0.979. The molecule has 0 bridgehead atoms. The topological polar surface area (TPSA) is 17.3 Å². The van der Waals surface area contributed by atoms with Gasteiger partial charge in [-0.15, -0.1) is 0 Å². The summed E-state index contributed by atoms with van der Waals surface area (Å²) in [6.45, 7) is 2.17. The van der Waals surface area contributed by atoms with E-state index in [9.17, 15) is 0 Å². The molecule has 0 aliphatic carbocycles. The fourth-order valence-electron chi connectivity index (χ4n) is 3.76. The molecule has 2 aromatic heterocycles. The quantitative estimate of drug-likeness (QED) is 0.308. The molecule has 2 heterocycles. The normalized spacial score (nSPS) is 11.3. The minimum Gasteiger partial charge on any atom is -0.232 e. The van der Waals surface area contributed by atoms with Gasteiger partial charge in [0.25, 0.3) is 0 Å². The van der Waals surface area contributed by atoms with Crippen LogP contribution in [-0.4, -0.2) is 9.61 Å².